The molecule has 0 aromatic rings. The van der Waals surface area contributed by atoms with Crippen LogP contribution < -0.4 is 0 Å². The smallest absolute Gasteiger partial charge is 0.297 e. The van der Waals surface area contributed by atoms with Crippen LogP contribution in [0, 0.1) is 5.92 Å². The maximum Gasteiger partial charge on any atom is 0.523 e. The molecule has 96 valence electrons. The average Bonchev–Trinajstić information content (AvgIpc) is 2.10. The summed E-state index contributed by atoms with van der Waals surface area (Å²) in [4.78, 5) is 11.0. The van der Waals surface area contributed by atoms with Gasteiger partial charge < -0.3 is 0 Å². The molecule has 0 fully saturated rings. The minimum atomic E-state index is -5.72. The van der Waals surface area contributed by atoms with Gasteiger partial charge in [-0.25, -0.2) is 0 Å². The maximum absolute atomic E-state index is 12.0. The molecule has 0 aliphatic carbocycles. The van der Waals surface area contributed by atoms with E-state index in [0.717, 1.165) is 6.92 Å². The lowest BCUT2D eigenvalue weighted by Gasteiger charge is -2.20. The van der Waals surface area contributed by atoms with Crippen molar-refractivity contribution in [2.24, 2.45) is 5.92 Å². The Morgan fingerprint density at radius 3 is 2.06 bits per heavy atom. The fourth-order valence-electron chi connectivity index (χ4n) is 0.968. The molecule has 0 saturated carbocycles. The van der Waals surface area contributed by atoms with Crippen molar-refractivity contribution in [2.45, 2.75) is 38.8 Å². The monoisotopic (exact) mass is 262 g/mol. The highest BCUT2D eigenvalue weighted by atomic mass is 32.2. The van der Waals surface area contributed by atoms with Crippen LogP contribution in [-0.4, -0.2) is 25.8 Å². The van der Waals surface area contributed by atoms with E-state index in [1.807, 2.05) is 0 Å². The first-order valence-electron chi connectivity index (χ1n) is 4.53. The molecule has 0 rings (SSSR count). The van der Waals surface area contributed by atoms with Gasteiger partial charge in [0.2, 0.25) is 0 Å². The molecule has 0 amide bonds. The molecule has 0 radical (unpaired) electrons. The molecular formula is C8H13F3O4S. The summed E-state index contributed by atoms with van der Waals surface area (Å²) < 4.78 is 61.3. The van der Waals surface area contributed by atoms with Gasteiger partial charge in [0.1, 0.15) is 6.10 Å². The Hall–Kier alpha value is -0.630. The Morgan fingerprint density at radius 1 is 1.38 bits per heavy atom. The normalized spacial score (nSPS) is 16.9. The number of rotatable bonds is 5. The third-order valence-corrected chi connectivity index (χ3v) is 3.10. The van der Waals surface area contributed by atoms with E-state index >= 15 is 0 Å². The Bertz CT molecular complexity index is 347. The van der Waals surface area contributed by atoms with E-state index in [2.05, 4.69) is 4.18 Å². The van der Waals surface area contributed by atoms with Gasteiger partial charge >= 0.3 is 15.6 Å². The van der Waals surface area contributed by atoms with Crippen LogP contribution >= 0.6 is 0 Å². The number of halogens is 3. The van der Waals surface area contributed by atoms with Crippen LogP contribution in [0.15, 0.2) is 0 Å². The Labute approximate surface area is 91.9 Å². The summed E-state index contributed by atoms with van der Waals surface area (Å²) in [5.41, 5.74) is -5.51. The van der Waals surface area contributed by atoms with E-state index in [9.17, 15) is 26.4 Å². The lowest BCUT2D eigenvalue weighted by Crippen LogP contribution is -2.36. The standard InChI is InChI=1S/C8H13F3O4S/c1-4-5(2)7(6(3)12)15-16(13,14)8(9,10)11/h5,7H,4H2,1-3H3/t5-,7-/m0/s1. The summed E-state index contributed by atoms with van der Waals surface area (Å²) in [6, 6.07) is 0. The van der Waals surface area contributed by atoms with Crippen molar-refractivity contribution >= 4 is 15.9 Å². The van der Waals surface area contributed by atoms with Gasteiger partial charge in [0.05, 0.1) is 0 Å². The summed E-state index contributed by atoms with van der Waals surface area (Å²) in [7, 11) is -5.72. The van der Waals surface area contributed by atoms with E-state index < -0.39 is 33.4 Å². The minimum absolute atomic E-state index is 0.331. The van der Waals surface area contributed by atoms with E-state index in [4.69, 9.17) is 0 Å². The van der Waals surface area contributed by atoms with Crippen molar-refractivity contribution in [3.63, 3.8) is 0 Å². The fraction of sp³-hybridized carbons (Fsp3) is 0.875. The van der Waals surface area contributed by atoms with E-state index in [1.165, 1.54) is 6.92 Å². The Morgan fingerprint density at radius 2 is 1.81 bits per heavy atom. The molecule has 4 nitrogen and oxygen atoms in total. The quantitative estimate of drug-likeness (QED) is 0.560. The number of carbonyl (C=O) groups is 1. The maximum atomic E-state index is 12.0. The zero-order chi connectivity index (χ0) is 13.1. The molecule has 0 aliphatic heterocycles. The lowest BCUT2D eigenvalue weighted by atomic mass is 9.99. The van der Waals surface area contributed by atoms with Crippen LogP contribution in [0.1, 0.15) is 27.2 Å². The molecule has 0 aromatic carbocycles. The molecular weight excluding hydrogens is 249 g/mol. The number of ketones is 1. The number of Topliss-reactive ketones (excluding diaryl/α,β-unsaturated/α-hetero) is 1. The molecule has 16 heavy (non-hydrogen) atoms. The largest absolute Gasteiger partial charge is 0.523 e. The van der Waals surface area contributed by atoms with Crippen LogP contribution in [0.4, 0.5) is 13.2 Å². The average molecular weight is 262 g/mol. The second-order valence-electron chi connectivity index (χ2n) is 3.41. The summed E-state index contributed by atoms with van der Waals surface area (Å²) in [5, 5.41) is 0. The second-order valence-corrected chi connectivity index (χ2v) is 4.98. The Balaban J connectivity index is 4.99. The van der Waals surface area contributed by atoms with E-state index in [1.54, 1.807) is 6.92 Å². The van der Waals surface area contributed by atoms with Crippen molar-refractivity contribution in [1.82, 2.24) is 0 Å². The molecule has 0 aromatic heterocycles. The molecule has 0 saturated heterocycles. The summed E-state index contributed by atoms with van der Waals surface area (Å²) in [5.74, 6) is -1.35. The predicted octanol–water partition coefficient (Wildman–Crippen LogP) is 1.86. The minimum Gasteiger partial charge on any atom is -0.297 e. The van der Waals surface area contributed by atoms with Crippen LogP contribution in [0.3, 0.4) is 0 Å². The number of hydrogen-bond acceptors (Lipinski definition) is 4. The highest BCUT2D eigenvalue weighted by Crippen LogP contribution is 2.27. The van der Waals surface area contributed by atoms with Gasteiger partial charge in [-0.15, -0.1) is 0 Å². The third-order valence-electron chi connectivity index (χ3n) is 2.08. The molecule has 8 heteroatoms. The zero-order valence-electron chi connectivity index (χ0n) is 9.04. The van der Waals surface area contributed by atoms with E-state index in [0.29, 0.717) is 6.42 Å². The lowest BCUT2D eigenvalue weighted by molar-refractivity contribution is -0.126. The topological polar surface area (TPSA) is 60.4 Å². The van der Waals surface area contributed by atoms with Gasteiger partial charge in [-0.3, -0.25) is 8.98 Å². The molecule has 0 bridgehead atoms. The van der Waals surface area contributed by atoms with Gasteiger partial charge in [0.25, 0.3) is 0 Å². The number of alkyl halides is 3. The van der Waals surface area contributed by atoms with Crippen molar-refractivity contribution in [3.8, 4) is 0 Å². The van der Waals surface area contributed by atoms with Crippen LogP contribution in [0.5, 0.6) is 0 Å². The molecule has 2 atom stereocenters. The Kier molecular flexibility index (Phi) is 4.93. The highest BCUT2D eigenvalue weighted by molar-refractivity contribution is 7.87. The molecule has 0 heterocycles. The fourth-order valence-corrected chi connectivity index (χ4v) is 1.68. The first-order chi connectivity index (χ1) is 7.03. The van der Waals surface area contributed by atoms with Crippen LogP contribution in [-0.2, 0) is 19.1 Å². The summed E-state index contributed by atoms with van der Waals surface area (Å²) in [6.45, 7) is 4.05. The first-order valence-corrected chi connectivity index (χ1v) is 5.93. The van der Waals surface area contributed by atoms with Gasteiger partial charge in [-0.1, -0.05) is 20.3 Å². The SMILES string of the molecule is CC[C@H](C)[C@H](OS(=O)(=O)C(F)(F)F)C(C)=O. The third kappa shape index (κ3) is 3.75. The molecule has 0 N–H and O–H groups in total. The van der Waals surface area contributed by atoms with Crippen molar-refractivity contribution in [3.05, 3.63) is 0 Å². The number of hydrogen-bond donors (Lipinski definition) is 0. The van der Waals surface area contributed by atoms with Crippen molar-refractivity contribution < 1.29 is 30.6 Å². The number of carbonyl (C=O) groups excluding carboxylic acids is 1. The molecule has 0 aliphatic rings. The molecule has 0 spiro atoms. The highest BCUT2D eigenvalue weighted by Gasteiger charge is 2.49. The second kappa shape index (κ2) is 5.13. The molecule has 0 unspecified atom stereocenters. The van der Waals surface area contributed by atoms with Gasteiger partial charge in [-0.05, 0) is 12.8 Å². The summed E-state index contributed by atoms with van der Waals surface area (Å²) >= 11 is 0. The van der Waals surface area contributed by atoms with Crippen LogP contribution in [0.2, 0.25) is 0 Å². The van der Waals surface area contributed by atoms with Crippen LogP contribution in [0.25, 0.3) is 0 Å². The van der Waals surface area contributed by atoms with Crippen molar-refractivity contribution in [1.29, 1.82) is 0 Å². The van der Waals surface area contributed by atoms with Gasteiger partial charge in [-0.2, -0.15) is 21.6 Å². The van der Waals surface area contributed by atoms with Gasteiger partial charge in [0.15, 0.2) is 5.78 Å². The zero-order valence-corrected chi connectivity index (χ0v) is 9.85. The van der Waals surface area contributed by atoms with Crippen molar-refractivity contribution in [2.75, 3.05) is 0 Å². The first kappa shape index (κ1) is 15.4. The summed E-state index contributed by atoms with van der Waals surface area (Å²) in [6.07, 6.45) is -1.26. The van der Waals surface area contributed by atoms with Gasteiger partial charge in [0, 0.05) is 0 Å². The predicted molar refractivity (Wildman–Crippen MR) is 50.0 cm³/mol. The van der Waals surface area contributed by atoms with E-state index in [-0.39, 0.29) is 0 Å².